The van der Waals surface area contributed by atoms with E-state index in [0.29, 0.717) is 5.82 Å². The molecule has 0 radical (unpaired) electrons. The van der Waals surface area contributed by atoms with Crippen LogP contribution in [0.3, 0.4) is 0 Å². The third kappa shape index (κ3) is 3.54. The van der Waals surface area contributed by atoms with E-state index in [-0.39, 0.29) is 12.5 Å². The highest BCUT2D eigenvalue weighted by Gasteiger charge is 2.31. The fourth-order valence-electron chi connectivity index (χ4n) is 4.13. The van der Waals surface area contributed by atoms with Crippen molar-refractivity contribution in [3.8, 4) is 11.1 Å². The zero-order valence-corrected chi connectivity index (χ0v) is 16.8. The van der Waals surface area contributed by atoms with Crippen LogP contribution in [-0.2, 0) is 9.53 Å². The third-order valence-corrected chi connectivity index (χ3v) is 5.67. The van der Waals surface area contributed by atoms with Crippen LogP contribution in [0, 0.1) is 6.92 Å². The van der Waals surface area contributed by atoms with Crippen LogP contribution in [0.2, 0.25) is 0 Å². The molecule has 0 saturated heterocycles. The van der Waals surface area contributed by atoms with Crippen LogP contribution in [0.4, 0.5) is 4.79 Å². The number of hydrogen-bond acceptors (Lipinski definition) is 4. The van der Waals surface area contributed by atoms with Gasteiger partial charge < -0.3 is 19.7 Å². The van der Waals surface area contributed by atoms with Gasteiger partial charge in [-0.3, -0.25) is 0 Å². The van der Waals surface area contributed by atoms with E-state index in [9.17, 15) is 14.7 Å². The summed E-state index contributed by atoms with van der Waals surface area (Å²) in [7, 11) is 0. The molecule has 2 aromatic carbocycles. The molecule has 0 aliphatic heterocycles. The van der Waals surface area contributed by atoms with Gasteiger partial charge in [0.2, 0.25) is 0 Å². The van der Waals surface area contributed by atoms with Crippen molar-refractivity contribution in [1.29, 1.82) is 0 Å². The SMILES string of the molecule is Cc1nccn1C(C)C(NC(=O)OCC1c2ccccc2-c2ccccc21)C(=O)O. The van der Waals surface area contributed by atoms with Crippen molar-refractivity contribution in [3.63, 3.8) is 0 Å². The minimum Gasteiger partial charge on any atom is -0.480 e. The summed E-state index contributed by atoms with van der Waals surface area (Å²) in [5.74, 6) is -0.549. The predicted molar refractivity (Wildman–Crippen MR) is 111 cm³/mol. The molecule has 4 rings (SSSR count). The highest BCUT2D eigenvalue weighted by molar-refractivity contribution is 5.81. The molecule has 1 aromatic heterocycles. The van der Waals surface area contributed by atoms with Gasteiger partial charge in [-0.1, -0.05) is 48.5 Å². The maximum atomic E-state index is 12.5. The zero-order chi connectivity index (χ0) is 21.3. The van der Waals surface area contributed by atoms with Gasteiger partial charge in [0.15, 0.2) is 0 Å². The second-order valence-corrected chi connectivity index (χ2v) is 7.41. The molecule has 30 heavy (non-hydrogen) atoms. The maximum Gasteiger partial charge on any atom is 0.407 e. The number of nitrogens with one attached hydrogen (secondary N) is 1. The lowest BCUT2D eigenvalue weighted by atomic mass is 9.98. The van der Waals surface area contributed by atoms with Crippen LogP contribution in [0.25, 0.3) is 11.1 Å². The number of nitrogens with zero attached hydrogens (tertiary/aromatic N) is 2. The number of imidazole rings is 1. The number of hydrogen-bond donors (Lipinski definition) is 2. The number of aliphatic carboxylic acids is 1. The quantitative estimate of drug-likeness (QED) is 0.652. The molecular formula is C23H23N3O4. The number of carboxylic acids is 1. The number of carbonyl (C=O) groups is 2. The molecule has 1 amide bonds. The van der Waals surface area contributed by atoms with Gasteiger partial charge in [-0.2, -0.15) is 0 Å². The van der Waals surface area contributed by atoms with Crippen molar-refractivity contribution in [2.75, 3.05) is 6.61 Å². The van der Waals surface area contributed by atoms with Gasteiger partial charge in [-0.25, -0.2) is 14.6 Å². The number of fused-ring (bicyclic) bond motifs is 3. The zero-order valence-electron chi connectivity index (χ0n) is 16.8. The number of carboxylic acid groups (broad SMARTS) is 1. The van der Waals surface area contributed by atoms with Crippen LogP contribution in [0.5, 0.6) is 0 Å². The smallest absolute Gasteiger partial charge is 0.407 e. The summed E-state index contributed by atoms with van der Waals surface area (Å²) in [5.41, 5.74) is 4.47. The van der Waals surface area contributed by atoms with Gasteiger partial charge in [0.1, 0.15) is 18.5 Å². The summed E-state index contributed by atoms with van der Waals surface area (Å²) in [6, 6.07) is 14.4. The van der Waals surface area contributed by atoms with Crippen LogP contribution in [0.1, 0.15) is 35.8 Å². The first-order chi connectivity index (χ1) is 14.5. The third-order valence-electron chi connectivity index (χ3n) is 5.67. The van der Waals surface area contributed by atoms with Crippen LogP contribution < -0.4 is 5.32 Å². The topological polar surface area (TPSA) is 93.5 Å². The molecule has 2 unspecified atom stereocenters. The van der Waals surface area contributed by atoms with Crippen LogP contribution in [0.15, 0.2) is 60.9 Å². The molecule has 7 nitrogen and oxygen atoms in total. The number of carbonyl (C=O) groups excluding carboxylic acids is 1. The highest BCUT2D eigenvalue weighted by Crippen LogP contribution is 2.44. The van der Waals surface area contributed by atoms with E-state index in [1.54, 1.807) is 30.8 Å². The predicted octanol–water partition coefficient (Wildman–Crippen LogP) is 3.74. The molecule has 154 valence electrons. The number of amides is 1. The molecule has 2 atom stereocenters. The molecule has 0 spiro atoms. The van der Waals surface area contributed by atoms with E-state index in [2.05, 4.69) is 22.4 Å². The Hall–Kier alpha value is -3.61. The number of rotatable bonds is 6. The van der Waals surface area contributed by atoms with Crippen LogP contribution >= 0.6 is 0 Å². The van der Waals surface area contributed by atoms with Gasteiger partial charge in [-0.05, 0) is 36.1 Å². The molecular weight excluding hydrogens is 382 g/mol. The van der Waals surface area contributed by atoms with E-state index in [4.69, 9.17) is 4.74 Å². The monoisotopic (exact) mass is 405 g/mol. The Morgan fingerprint density at radius 2 is 1.73 bits per heavy atom. The first-order valence-electron chi connectivity index (χ1n) is 9.81. The first kappa shape index (κ1) is 19.7. The lowest BCUT2D eigenvalue weighted by molar-refractivity contribution is -0.140. The van der Waals surface area contributed by atoms with Gasteiger partial charge in [-0.15, -0.1) is 0 Å². The maximum absolute atomic E-state index is 12.5. The number of alkyl carbamates (subject to hydrolysis) is 1. The summed E-state index contributed by atoms with van der Waals surface area (Å²) in [5, 5.41) is 12.1. The van der Waals surface area contributed by atoms with E-state index in [0.717, 1.165) is 22.3 Å². The molecule has 0 bridgehead atoms. The fraction of sp³-hybridized carbons (Fsp3) is 0.261. The Morgan fingerprint density at radius 1 is 1.13 bits per heavy atom. The number of benzene rings is 2. The van der Waals surface area contributed by atoms with E-state index in [1.807, 2.05) is 36.4 Å². The molecule has 0 saturated carbocycles. The summed E-state index contributed by atoms with van der Waals surface area (Å²) in [6.45, 7) is 3.63. The number of ether oxygens (including phenoxy) is 1. The molecule has 2 N–H and O–H groups in total. The second-order valence-electron chi connectivity index (χ2n) is 7.41. The van der Waals surface area contributed by atoms with Crippen LogP contribution in [-0.4, -0.2) is 39.4 Å². The van der Waals surface area contributed by atoms with Gasteiger partial charge in [0, 0.05) is 18.3 Å². The molecule has 1 aliphatic carbocycles. The average molecular weight is 405 g/mol. The van der Waals surface area contributed by atoms with Crippen molar-refractivity contribution in [2.24, 2.45) is 0 Å². The van der Waals surface area contributed by atoms with E-state index >= 15 is 0 Å². The summed E-state index contributed by atoms with van der Waals surface area (Å²) in [6.07, 6.45) is 2.53. The lowest BCUT2D eigenvalue weighted by Crippen LogP contribution is -2.46. The van der Waals surface area contributed by atoms with E-state index in [1.165, 1.54) is 0 Å². The fourth-order valence-corrected chi connectivity index (χ4v) is 4.13. The average Bonchev–Trinajstić information content (AvgIpc) is 3.31. The minimum atomic E-state index is -1.14. The standard InChI is InChI=1S/C23H23N3O4/c1-14(26-12-11-24-15(26)2)21(22(27)28)25-23(29)30-13-20-18-9-5-3-7-16(18)17-8-4-6-10-19(17)20/h3-12,14,20-21H,13H2,1-2H3,(H,25,29)(H,27,28). The summed E-state index contributed by atoms with van der Waals surface area (Å²) < 4.78 is 7.19. The summed E-state index contributed by atoms with van der Waals surface area (Å²) in [4.78, 5) is 28.4. The Balaban J connectivity index is 1.47. The largest absolute Gasteiger partial charge is 0.480 e. The Kier molecular flexibility index (Phi) is 5.27. The molecule has 1 aliphatic rings. The molecule has 0 fully saturated rings. The van der Waals surface area contributed by atoms with Gasteiger partial charge in [0.05, 0.1) is 6.04 Å². The molecule has 7 heteroatoms. The van der Waals surface area contributed by atoms with Gasteiger partial charge in [0.25, 0.3) is 0 Å². The van der Waals surface area contributed by atoms with Crippen molar-refractivity contribution in [3.05, 3.63) is 77.9 Å². The van der Waals surface area contributed by atoms with Crippen molar-refractivity contribution in [1.82, 2.24) is 14.9 Å². The molecule has 3 aromatic rings. The Morgan fingerprint density at radius 3 is 2.27 bits per heavy atom. The Bertz CT molecular complexity index is 1050. The number of aromatic nitrogens is 2. The van der Waals surface area contributed by atoms with Crippen molar-refractivity contribution < 1.29 is 19.4 Å². The number of aryl methyl sites for hydroxylation is 1. The normalized spacial score (nSPS) is 14.5. The lowest BCUT2D eigenvalue weighted by Gasteiger charge is -2.24. The molecule has 1 heterocycles. The second kappa shape index (κ2) is 8.02. The van der Waals surface area contributed by atoms with Crippen molar-refractivity contribution >= 4 is 12.1 Å². The summed E-state index contributed by atoms with van der Waals surface area (Å²) >= 11 is 0. The highest BCUT2D eigenvalue weighted by atomic mass is 16.5. The van der Waals surface area contributed by atoms with Crippen molar-refractivity contribution in [2.45, 2.75) is 31.8 Å². The Labute approximate surface area is 174 Å². The minimum absolute atomic E-state index is 0.0836. The van der Waals surface area contributed by atoms with Gasteiger partial charge >= 0.3 is 12.1 Å². The first-order valence-corrected chi connectivity index (χ1v) is 9.81. The van der Waals surface area contributed by atoms with E-state index < -0.39 is 24.1 Å².